The third-order valence-corrected chi connectivity index (χ3v) is 2.84. The number of para-hydroxylation sites is 1. The van der Waals surface area contributed by atoms with Gasteiger partial charge < -0.3 is 10.2 Å². The molecular weight excluding hydrogens is 316 g/mol. The maximum absolute atomic E-state index is 11.7. The van der Waals surface area contributed by atoms with E-state index in [9.17, 15) is 10.2 Å². The van der Waals surface area contributed by atoms with Gasteiger partial charge in [-0.3, -0.25) is 0 Å². The Morgan fingerprint density at radius 3 is 2.18 bits per heavy atom. The minimum absolute atomic E-state index is 0. The second kappa shape index (κ2) is 9.56. The summed E-state index contributed by atoms with van der Waals surface area (Å²) in [6, 6.07) is 16.5. The Balaban J connectivity index is 0.000000344. The maximum Gasteiger partial charge on any atom is 2.00 e. The molecule has 0 radical (unpaired) electrons. The van der Waals surface area contributed by atoms with Crippen molar-refractivity contribution >= 4 is 5.76 Å². The summed E-state index contributed by atoms with van der Waals surface area (Å²) in [6.07, 6.45) is 10.8. The summed E-state index contributed by atoms with van der Waals surface area (Å²) < 4.78 is 0. The Hall–Kier alpha value is -2.35. The molecule has 0 atom stereocenters. The molecule has 1 N–H and O–H groups in total. The van der Waals surface area contributed by atoms with Gasteiger partial charge in [0.25, 0.3) is 0 Å². The number of hydrogen-bond acceptors (Lipinski definition) is 2. The number of rotatable bonds is 2. The number of hydrogen-bond donors (Lipinski definition) is 1. The molecule has 0 aliphatic heterocycles. The van der Waals surface area contributed by atoms with Gasteiger partial charge in [0, 0.05) is 5.56 Å². The van der Waals surface area contributed by atoms with Crippen molar-refractivity contribution in [3.05, 3.63) is 102 Å². The van der Waals surface area contributed by atoms with Gasteiger partial charge in [-0.15, -0.1) is 0 Å². The van der Waals surface area contributed by atoms with E-state index >= 15 is 0 Å². The van der Waals surface area contributed by atoms with Crippen LogP contribution in [0.15, 0.2) is 96.6 Å². The first-order valence-electron chi connectivity index (χ1n) is 6.66. The first kappa shape index (κ1) is 17.7. The van der Waals surface area contributed by atoms with Crippen LogP contribution < -0.4 is 5.11 Å². The summed E-state index contributed by atoms with van der Waals surface area (Å²) in [5, 5.41) is 21.2. The molecule has 0 heterocycles. The smallest absolute Gasteiger partial charge is 0.872 e. The molecule has 0 saturated heterocycles. The molecule has 0 spiro atoms. The van der Waals surface area contributed by atoms with Gasteiger partial charge in [0.2, 0.25) is 0 Å². The van der Waals surface area contributed by atoms with Crippen LogP contribution in [0.5, 0.6) is 5.75 Å². The molecule has 3 heteroatoms. The summed E-state index contributed by atoms with van der Waals surface area (Å²) in [4.78, 5) is 0. The van der Waals surface area contributed by atoms with Gasteiger partial charge in [0.05, 0.1) is 0 Å². The van der Waals surface area contributed by atoms with Crippen molar-refractivity contribution in [1.29, 1.82) is 0 Å². The molecule has 2 nitrogen and oxygen atoms in total. The fraction of sp³-hybridized carbons (Fsp3) is 0. The van der Waals surface area contributed by atoms with Crippen molar-refractivity contribution in [3.8, 4) is 5.75 Å². The quantitative estimate of drug-likeness (QED) is 0.519. The first-order valence-corrected chi connectivity index (χ1v) is 6.66. The van der Waals surface area contributed by atoms with E-state index in [1.54, 1.807) is 24.3 Å². The van der Waals surface area contributed by atoms with Gasteiger partial charge in [-0.2, -0.15) is 18.2 Å². The van der Waals surface area contributed by atoms with Gasteiger partial charge in [-0.25, -0.2) is 12.1 Å². The molecule has 0 aromatic heterocycles. The predicted octanol–water partition coefficient (Wildman–Crippen LogP) is 3.55. The van der Waals surface area contributed by atoms with Crippen LogP contribution in [0.3, 0.4) is 0 Å². The molecule has 2 aromatic carbocycles. The van der Waals surface area contributed by atoms with Crippen LogP contribution in [-0.2, 0) is 17.1 Å². The number of phenolic OH excluding ortho intramolecular Hbond substituents is 1. The van der Waals surface area contributed by atoms with Crippen molar-refractivity contribution in [1.82, 2.24) is 0 Å². The number of aromatic hydroxyl groups is 1. The third-order valence-electron chi connectivity index (χ3n) is 2.84. The number of benzene rings is 1. The molecule has 112 valence electrons. The van der Waals surface area contributed by atoms with E-state index in [1.807, 2.05) is 54.6 Å². The standard InChI is InChI=1S/C14H12O2.C5H5.Fe/c15-13-8-4-3-7-12(13)14(16)10-9-11-5-1-2-6-11;1-2-4-5-3-1;/h1-10,15-16H;1-5H;/q;-1;+2/p-1/b14-10-;;. The summed E-state index contributed by atoms with van der Waals surface area (Å²) in [7, 11) is 0. The van der Waals surface area contributed by atoms with Gasteiger partial charge in [-0.1, -0.05) is 60.4 Å². The van der Waals surface area contributed by atoms with Crippen LogP contribution >= 0.6 is 0 Å². The van der Waals surface area contributed by atoms with Gasteiger partial charge >= 0.3 is 17.1 Å². The summed E-state index contributed by atoms with van der Waals surface area (Å²) in [5.41, 5.74) is 1.30. The summed E-state index contributed by atoms with van der Waals surface area (Å²) in [5.74, 6) is -0.182. The summed E-state index contributed by atoms with van der Waals surface area (Å²) >= 11 is 0. The monoisotopic (exact) mass is 332 g/mol. The molecule has 22 heavy (non-hydrogen) atoms. The molecule has 2 aromatic rings. The SMILES string of the molecule is [Fe+2].[O-]/C(=C\C=C1C=CC=C1)c1ccccc1O.c1cc[cH-]c1. The average molecular weight is 332 g/mol. The maximum atomic E-state index is 11.7. The largest absolute Gasteiger partial charge is 2.00 e. The molecule has 0 fully saturated rings. The van der Waals surface area contributed by atoms with Crippen LogP contribution in [0.2, 0.25) is 0 Å². The van der Waals surface area contributed by atoms with Gasteiger partial charge in [-0.05, 0) is 11.6 Å². The van der Waals surface area contributed by atoms with Crippen molar-refractivity contribution in [2.45, 2.75) is 0 Å². The van der Waals surface area contributed by atoms with Crippen molar-refractivity contribution in [2.24, 2.45) is 0 Å². The van der Waals surface area contributed by atoms with Gasteiger partial charge in [0.15, 0.2) is 0 Å². The number of phenols is 1. The molecular formula is C19H16FeO2. The minimum atomic E-state index is -0.195. The zero-order chi connectivity index (χ0) is 14.9. The normalized spacial score (nSPS) is 12.4. The number of allylic oxidation sites excluding steroid dienone is 7. The Bertz CT molecular complexity index is 646. The van der Waals surface area contributed by atoms with Crippen LogP contribution in [0, 0.1) is 0 Å². The van der Waals surface area contributed by atoms with Crippen molar-refractivity contribution < 1.29 is 27.3 Å². The zero-order valence-electron chi connectivity index (χ0n) is 11.9. The predicted molar refractivity (Wildman–Crippen MR) is 84.5 cm³/mol. The Morgan fingerprint density at radius 2 is 1.64 bits per heavy atom. The molecule has 3 rings (SSSR count). The average Bonchev–Trinajstić information content (AvgIpc) is 3.21. The fourth-order valence-electron chi connectivity index (χ4n) is 1.76. The topological polar surface area (TPSA) is 43.3 Å². The Morgan fingerprint density at radius 1 is 1.00 bits per heavy atom. The van der Waals surface area contributed by atoms with Crippen LogP contribution in [0.25, 0.3) is 5.76 Å². The zero-order valence-corrected chi connectivity index (χ0v) is 13.0. The van der Waals surface area contributed by atoms with E-state index in [4.69, 9.17) is 0 Å². The van der Waals surface area contributed by atoms with E-state index in [0.29, 0.717) is 5.56 Å². The van der Waals surface area contributed by atoms with Crippen LogP contribution in [-0.4, -0.2) is 5.11 Å². The van der Waals surface area contributed by atoms with Gasteiger partial charge in [0.1, 0.15) is 5.75 Å². The molecule has 0 unspecified atom stereocenters. The Kier molecular flexibility index (Phi) is 7.69. The van der Waals surface area contributed by atoms with E-state index < -0.39 is 0 Å². The Labute approximate surface area is 141 Å². The third kappa shape index (κ3) is 5.57. The molecule has 1 aliphatic carbocycles. The van der Waals surface area contributed by atoms with E-state index in [1.165, 1.54) is 12.1 Å². The molecule has 0 saturated carbocycles. The molecule has 1 aliphatic rings. The fourth-order valence-corrected chi connectivity index (χ4v) is 1.76. The van der Waals surface area contributed by atoms with Crippen LogP contribution in [0.1, 0.15) is 5.56 Å². The van der Waals surface area contributed by atoms with Crippen molar-refractivity contribution in [3.63, 3.8) is 0 Å². The second-order valence-corrected chi connectivity index (χ2v) is 4.40. The van der Waals surface area contributed by atoms with E-state index in [-0.39, 0.29) is 28.6 Å². The van der Waals surface area contributed by atoms with Crippen LogP contribution in [0.4, 0.5) is 0 Å². The first-order chi connectivity index (χ1) is 10.3. The molecule has 0 amide bonds. The second-order valence-electron chi connectivity index (χ2n) is 4.40. The van der Waals surface area contributed by atoms with E-state index in [2.05, 4.69) is 0 Å². The summed E-state index contributed by atoms with van der Waals surface area (Å²) in [6.45, 7) is 0. The minimum Gasteiger partial charge on any atom is -0.872 e. The van der Waals surface area contributed by atoms with E-state index in [0.717, 1.165) is 5.57 Å². The van der Waals surface area contributed by atoms with Crippen molar-refractivity contribution in [2.75, 3.05) is 0 Å². The molecule has 0 bridgehead atoms.